The molecule has 6 heteroatoms. The number of nitrogens with one attached hydrogen (secondary N) is 1. The maximum absolute atomic E-state index is 11.9. The Morgan fingerprint density at radius 3 is 2.45 bits per heavy atom. The second-order valence-electron chi connectivity index (χ2n) is 6.16. The first-order valence-electron chi connectivity index (χ1n) is 6.75. The lowest BCUT2D eigenvalue weighted by molar-refractivity contribution is -0.142. The van der Waals surface area contributed by atoms with Crippen molar-refractivity contribution in [1.29, 1.82) is 0 Å². The SMILES string of the molecule is CC(C)(C)C[C@H](NC(=O)/C=C/c1ccc(Cl)cc1Cl)C(=O)O. The summed E-state index contributed by atoms with van der Waals surface area (Å²) >= 11 is 11.8. The van der Waals surface area contributed by atoms with Crippen LogP contribution in [-0.4, -0.2) is 23.0 Å². The number of carbonyl (C=O) groups excluding carboxylic acids is 1. The number of halogens is 2. The fourth-order valence-corrected chi connectivity index (χ4v) is 2.31. The number of hydrogen-bond donors (Lipinski definition) is 2. The smallest absolute Gasteiger partial charge is 0.326 e. The van der Waals surface area contributed by atoms with Crippen LogP contribution < -0.4 is 5.32 Å². The van der Waals surface area contributed by atoms with E-state index in [0.717, 1.165) is 0 Å². The number of rotatable bonds is 5. The van der Waals surface area contributed by atoms with Crippen molar-refractivity contribution in [1.82, 2.24) is 5.32 Å². The number of amides is 1. The molecule has 0 radical (unpaired) electrons. The molecule has 2 N–H and O–H groups in total. The van der Waals surface area contributed by atoms with Crippen molar-refractivity contribution in [2.75, 3.05) is 0 Å². The van der Waals surface area contributed by atoms with Crippen molar-refractivity contribution in [2.24, 2.45) is 5.41 Å². The molecule has 0 spiro atoms. The van der Waals surface area contributed by atoms with Gasteiger partial charge in [0.2, 0.25) is 5.91 Å². The average Bonchev–Trinajstić information content (AvgIpc) is 2.35. The van der Waals surface area contributed by atoms with Crippen LogP contribution in [0.4, 0.5) is 0 Å². The second-order valence-corrected chi connectivity index (χ2v) is 7.01. The monoisotopic (exact) mass is 343 g/mol. The first kappa shape index (κ1) is 18.5. The van der Waals surface area contributed by atoms with E-state index >= 15 is 0 Å². The number of carbonyl (C=O) groups is 2. The molecule has 0 bridgehead atoms. The molecule has 0 saturated carbocycles. The molecule has 1 aromatic rings. The van der Waals surface area contributed by atoms with E-state index in [-0.39, 0.29) is 5.41 Å². The Morgan fingerprint density at radius 2 is 1.95 bits per heavy atom. The van der Waals surface area contributed by atoms with Gasteiger partial charge in [-0.1, -0.05) is 50.0 Å². The van der Waals surface area contributed by atoms with Crippen LogP contribution in [0.15, 0.2) is 24.3 Å². The molecule has 0 aliphatic rings. The standard InChI is InChI=1S/C16H19Cl2NO3/c1-16(2,3)9-13(15(21)22)19-14(20)7-5-10-4-6-11(17)8-12(10)18/h4-8,13H,9H2,1-3H3,(H,19,20)(H,21,22)/b7-5+/t13-/m0/s1. The predicted octanol–water partition coefficient (Wildman–Crippen LogP) is 4.01. The van der Waals surface area contributed by atoms with Crippen LogP contribution in [0.1, 0.15) is 32.8 Å². The van der Waals surface area contributed by atoms with E-state index in [4.69, 9.17) is 23.2 Å². The zero-order valence-electron chi connectivity index (χ0n) is 12.7. The maximum atomic E-state index is 11.9. The van der Waals surface area contributed by atoms with Gasteiger partial charge in [0.15, 0.2) is 0 Å². The van der Waals surface area contributed by atoms with Crippen LogP contribution in [0, 0.1) is 5.41 Å². The third-order valence-electron chi connectivity index (χ3n) is 2.81. The van der Waals surface area contributed by atoms with Gasteiger partial charge >= 0.3 is 5.97 Å². The Hall–Kier alpha value is -1.52. The van der Waals surface area contributed by atoms with Crippen LogP contribution >= 0.6 is 23.2 Å². The van der Waals surface area contributed by atoms with Crippen LogP contribution in [0.2, 0.25) is 10.0 Å². The Bertz CT molecular complexity index is 592. The topological polar surface area (TPSA) is 66.4 Å². The van der Waals surface area contributed by atoms with E-state index in [1.54, 1.807) is 18.2 Å². The van der Waals surface area contributed by atoms with Gasteiger partial charge in [-0.3, -0.25) is 4.79 Å². The lowest BCUT2D eigenvalue weighted by Gasteiger charge is -2.23. The van der Waals surface area contributed by atoms with Gasteiger partial charge in [-0.05, 0) is 35.6 Å². The highest BCUT2D eigenvalue weighted by Gasteiger charge is 2.25. The second kappa shape index (κ2) is 7.65. The molecular formula is C16H19Cl2NO3. The van der Waals surface area contributed by atoms with E-state index in [0.29, 0.717) is 22.0 Å². The molecule has 0 aliphatic heterocycles. The summed E-state index contributed by atoms with van der Waals surface area (Å²) in [5, 5.41) is 12.6. The Labute approximate surface area is 140 Å². The molecule has 0 saturated heterocycles. The summed E-state index contributed by atoms with van der Waals surface area (Å²) in [7, 11) is 0. The third kappa shape index (κ3) is 6.50. The van der Waals surface area contributed by atoms with E-state index in [2.05, 4.69) is 5.32 Å². The van der Waals surface area contributed by atoms with Gasteiger partial charge in [-0.15, -0.1) is 0 Å². The summed E-state index contributed by atoms with van der Waals surface area (Å²) in [6.07, 6.45) is 3.11. The molecule has 1 rings (SSSR count). The normalized spacial score (nSPS) is 13.1. The molecule has 0 fully saturated rings. The summed E-state index contributed by atoms with van der Waals surface area (Å²) in [5.41, 5.74) is 0.420. The first-order valence-corrected chi connectivity index (χ1v) is 7.50. The molecule has 1 aromatic carbocycles. The molecule has 22 heavy (non-hydrogen) atoms. The predicted molar refractivity (Wildman–Crippen MR) is 89.1 cm³/mol. The van der Waals surface area contributed by atoms with Crippen LogP contribution in [0.5, 0.6) is 0 Å². The minimum Gasteiger partial charge on any atom is -0.480 e. The van der Waals surface area contributed by atoms with Crippen LogP contribution in [0.25, 0.3) is 6.08 Å². The summed E-state index contributed by atoms with van der Waals surface area (Å²) in [6.45, 7) is 5.75. The van der Waals surface area contributed by atoms with Gasteiger partial charge in [-0.25, -0.2) is 4.79 Å². The Balaban J connectivity index is 2.75. The lowest BCUT2D eigenvalue weighted by Crippen LogP contribution is -2.42. The van der Waals surface area contributed by atoms with Crippen molar-refractivity contribution in [3.63, 3.8) is 0 Å². The van der Waals surface area contributed by atoms with Crippen molar-refractivity contribution >= 4 is 41.2 Å². The quantitative estimate of drug-likeness (QED) is 0.793. The highest BCUT2D eigenvalue weighted by Crippen LogP contribution is 2.22. The molecule has 120 valence electrons. The zero-order valence-corrected chi connectivity index (χ0v) is 14.2. The summed E-state index contributed by atoms with van der Waals surface area (Å²) < 4.78 is 0. The fraction of sp³-hybridized carbons (Fsp3) is 0.375. The number of carboxylic acid groups (broad SMARTS) is 1. The van der Waals surface area contributed by atoms with Crippen molar-refractivity contribution in [3.05, 3.63) is 39.9 Å². The zero-order chi connectivity index (χ0) is 16.9. The summed E-state index contributed by atoms with van der Waals surface area (Å²) in [5.74, 6) is -1.54. The minimum atomic E-state index is -1.05. The lowest BCUT2D eigenvalue weighted by atomic mass is 9.88. The van der Waals surface area contributed by atoms with Gasteiger partial charge in [-0.2, -0.15) is 0 Å². The van der Waals surface area contributed by atoms with Gasteiger partial charge in [0.05, 0.1) is 0 Å². The summed E-state index contributed by atoms with van der Waals surface area (Å²) in [6, 6.07) is 3.97. The van der Waals surface area contributed by atoms with Gasteiger partial charge in [0, 0.05) is 16.1 Å². The van der Waals surface area contributed by atoms with E-state index in [1.807, 2.05) is 20.8 Å². The van der Waals surface area contributed by atoms with Gasteiger partial charge in [0.25, 0.3) is 0 Å². The molecule has 0 aliphatic carbocycles. The third-order valence-corrected chi connectivity index (χ3v) is 3.37. The van der Waals surface area contributed by atoms with E-state index in [9.17, 15) is 14.7 Å². The number of hydrogen-bond acceptors (Lipinski definition) is 2. The Kier molecular flexibility index (Phi) is 6.45. The van der Waals surface area contributed by atoms with Crippen LogP contribution in [-0.2, 0) is 9.59 Å². The van der Waals surface area contributed by atoms with Crippen molar-refractivity contribution in [2.45, 2.75) is 33.2 Å². The molecule has 0 aromatic heterocycles. The van der Waals surface area contributed by atoms with Crippen molar-refractivity contribution < 1.29 is 14.7 Å². The molecular weight excluding hydrogens is 325 g/mol. The highest BCUT2D eigenvalue weighted by atomic mass is 35.5. The molecule has 0 heterocycles. The van der Waals surface area contributed by atoms with E-state index < -0.39 is 17.9 Å². The van der Waals surface area contributed by atoms with Crippen molar-refractivity contribution in [3.8, 4) is 0 Å². The van der Waals surface area contributed by atoms with E-state index in [1.165, 1.54) is 12.2 Å². The maximum Gasteiger partial charge on any atom is 0.326 e. The van der Waals surface area contributed by atoms with Gasteiger partial charge < -0.3 is 10.4 Å². The molecule has 1 atom stereocenters. The Morgan fingerprint density at radius 1 is 1.32 bits per heavy atom. The minimum absolute atomic E-state index is 0.209. The highest BCUT2D eigenvalue weighted by molar-refractivity contribution is 6.35. The number of aliphatic carboxylic acids is 1. The average molecular weight is 344 g/mol. The molecule has 4 nitrogen and oxygen atoms in total. The largest absolute Gasteiger partial charge is 0.480 e. The number of carboxylic acids is 1. The first-order chi connectivity index (χ1) is 10.1. The van der Waals surface area contributed by atoms with Crippen LogP contribution in [0.3, 0.4) is 0 Å². The summed E-state index contributed by atoms with van der Waals surface area (Å²) in [4.78, 5) is 23.1. The number of benzene rings is 1. The molecule has 0 unspecified atom stereocenters. The fourth-order valence-electron chi connectivity index (χ4n) is 1.83. The molecule has 1 amide bonds. The van der Waals surface area contributed by atoms with Gasteiger partial charge in [0.1, 0.15) is 6.04 Å².